The molecule has 0 aliphatic heterocycles. The van der Waals surface area contributed by atoms with E-state index in [-0.39, 0.29) is 36.2 Å². The lowest BCUT2D eigenvalue weighted by molar-refractivity contribution is -0.134. The number of carbonyl (C=O) groups is 5. The van der Waals surface area contributed by atoms with Gasteiger partial charge in [-0.2, -0.15) is 0 Å². The number of amides is 4. The van der Waals surface area contributed by atoms with Crippen LogP contribution in [0.25, 0.3) is 5.76 Å². The maximum atomic E-state index is 13.6. The molecule has 15 nitrogen and oxygen atoms in total. The Morgan fingerprint density at radius 2 is 1.71 bits per heavy atom. The Bertz CT molecular complexity index is 1400. The molecule has 0 bridgehead atoms. The number of Topliss-reactive ketones (excluding diaryl/α,β-unsaturated/α-hetero) is 1. The number of rotatable bonds is 5. The molecule has 4 atom stereocenters. The number of primary amides is 1. The molecule has 4 amide bonds. The maximum absolute atomic E-state index is 13.6. The molecule has 0 heterocycles. The third-order valence-electron chi connectivity index (χ3n) is 6.86. The highest BCUT2D eigenvalue weighted by atomic mass is 16.6. The molecule has 45 heavy (non-hydrogen) atoms. The summed E-state index contributed by atoms with van der Waals surface area (Å²) >= 11 is 0. The standard InChI is InChI=1S/C30H43N5O10/c1-8-32-29(44)45-26-20(38)13-19(37)21-16(9-10-17(23(21)39)33-28(43)34-30(3,4)5)14(2)11-15(36)12-18(35(6)7)24(40)22(25(26)41)27(31)42/h9-10,13-15,18,26,36-37,39-40H,8,11-12H2,1-7H3,(H2,31,42)(H,32,44)(H2,33,34,43)/b19-13?,24-22-/t14-,15+,18+,26+/m1/s1. The number of fused-ring (bicyclic) bond motifs is 1. The Kier molecular flexibility index (Phi) is 12.1. The van der Waals surface area contributed by atoms with E-state index in [9.17, 15) is 44.4 Å². The monoisotopic (exact) mass is 633 g/mol. The molecule has 0 saturated carbocycles. The molecule has 0 aromatic heterocycles. The molecule has 0 spiro atoms. The van der Waals surface area contributed by atoms with Crippen LogP contribution in [0.3, 0.4) is 0 Å². The molecule has 1 aliphatic rings. The summed E-state index contributed by atoms with van der Waals surface area (Å²) < 4.78 is 5.02. The summed E-state index contributed by atoms with van der Waals surface area (Å²) in [6.45, 7) is 8.46. The number of likely N-dealkylation sites (N-methyl/N-ethyl adjacent to an activating group) is 1. The second-order valence-corrected chi connectivity index (χ2v) is 12.0. The van der Waals surface area contributed by atoms with Crippen molar-refractivity contribution in [2.75, 3.05) is 26.0 Å². The summed E-state index contributed by atoms with van der Waals surface area (Å²) in [6.07, 6.45) is -4.53. The summed E-state index contributed by atoms with van der Waals surface area (Å²) in [6, 6.07) is 1.02. The van der Waals surface area contributed by atoms with E-state index in [0.717, 1.165) is 0 Å². The minimum Gasteiger partial charge on any atom is -0.510 e. The normalized spacial score (nSPS) is 23.4. The Balaban J connectivity index is 2.86. The largest absolute Gasteiger partial charge is 0.510 e. The number of nitrogens with two attached hydrogens (primary N) is 1. The molecule has 9 N–H and O–H groups in total. The van der Waals surface area contributed by atoms with Crippen molar-refractivity contribution in [1.82, 2.24) is 15.5 Å². The van der Waals surface area contributed by atoms with E-state index in [4.69, 9.17) is 10.5 Å². The molecule has 248 valence electrons. The minimum atomic E-state index is -2.40. The SMILES string of the molecule is CCNC(=O)O[C@H]1C(=O)C=C(O)c2c(ccc(NC(=O)NC(C)(C)C)c2O)[C@H](C)C[C@H](O)C[C@H](N(C)C)/C(O)=C(/C(N)=O)C1=O. The van der Waals surface area contributed by atoms with Crippen molar-refractivity contribution in [3.05, 3.63) is 40.7 Å². The Morgan fingerprint density at radius 3 is 2.24 bits per heavy atom. The number of alkyl carbamates (subject to hydrolysis) is 1. The van der Waals surface area contributed by atoms with E-state index in [1.165, 1.54) is 38.1 Å². The van der Waals surface area contributed by atoms with Crippen LogP contribution in [0.2, 0.25) is 0 Å². The van der Waals surface area contributed by atoms with Crippen molar-refractivity contribution in [3.63, 3.8) is 0 Å². The van der Waals surface area contributed by atoms with E-state index in [1.807, 2.05) is 0 Å². The number of aliphatic hydroxyl groups excluding tert-OH is 3. The van der Waals surface area contributed by atoms with Gasteiger partial charge in [0.25, 0.3) is 5.91 Å². The van der Waals surface area contributed by atoms with Crippen molar-refractivity contribution < 1.29 is 49.1 Å². The second kappa shape index (κ2) is 14.9. The number of anilines is 1. The first-order valence-corrected chi connectivity index (χ1v) is 14.2. The molecule has 0 unspecified atom stereocenters. The number of ketones is 2. The van der Waals surface area contributed by atoms with Crippen molar-refractivity contribution in [2.45, 2.75) is 77.2 Å². The lowest BCUT2D eigenvalue weighted by Crippen LogP contribution is -2.43. The van der Waals surface area contributed by atoms with Crippen LogP contribution in [0.4, 0.5) is 15.3 Å². The van der Waals surface area contributed by atoms with Gasteiger partial charge >= 0.3 is 12.1 Å². The summed E-state index contributed by atoms with van der Waals surface area (Å²) in [5.41, 5.74) is 3.57. The number of benzene rings is 1. The number of aliphatic hydroxyl groups is 3. The highest BCUT2D eigenvalue weighted by molar-refractivity contribution is 6.28. The Hall–Kier alpha value is -4.63. The average molecular weight is 634 g/mol. The number of nitrogens with zero attached hydrogens (tertiary/aromatic N) is 1. The third kappa shape index (κ3) is 9.43. The second-order valence-electron chi connectivity index (χ2n) is 12.0. The highest BCUT2D eigenvalue weighted by Gasteiger charge is 2.39. The quantitative estimate of drug-likeness (QED) is 0.132. The summed E-state index contributed by atoms with van der Waals surface area (Å²) in [5.74, 6) is -7.24. The van der Waals surface area contributed by atoms with Crippen LogP contribution in [0.1, 0.15) is 64.5 Å². The van der Waals surface area contributed by atoms with Gasteiger partial charge in [-0.15, -0.1) is 0 Å². The van der Waals surface area contributed by atoms with Crippen molar-refractivity contribution in [2.24, 2.45) is 5.73 Å². The predicted molar refractivity (Wildman–Crippen MR) is 165 cm³/mol. The lowest BCUT2D eigenvalue weighted by Gasteiger charge is -2.29. The molecule has 2 rings (SSSR count). The first kappa shape index (κ1) is 36.6. The number of nitrogens with one attached hydrogen (secondary N) is 3. The zero-order chi connectivity index (χ0) is 34.4. The number of urea groups is 1. The summed E-state index contributed by atoms with van der Waals surface area (Å²) in [5, 5.41) is 51.9. The van der Waals surface area contributed by atoms with Crippen LogP contribution >= 0.6 is 0 Å². The number of phenolic OH excluding ortho intramolecular Hbond substituents is 1. The number of ether oxygens (including phenoxy) is 1. The zero-order valence-electron chi connectivity index (χ0n) is 26.4. The van der Waals surface area contributed by atoms with E-state index in [0.29, 0.717) is 6.08 Å². The van der Waals surface area contributed by atoms with Crippen molar-refractivity contribution in [3.8, 4) is 5.75 Å². The first-order valence-electron chi connectivity index (χ1n) is 14.2. The van der Waals surface area contributed by atoms with E-state index in [1.54, 1.807) is 27.7 Å². The topological polar surface area (TPSA) is 241 Å². The fourth-order valence-electron chi connectivity index (χ4n) is 4.83. The average Bonchev–Trinajstić information content (AvgIpc) is 2.89. The number of carbonyl (C=O) groups excluding carboxylic acids is 5. The molecular formula is C30H43N5O10. The molecule has 15 heteroatoms. The molecule has 1 aromatic carbocycles. The van der Waals surface area contributed by atoms with E-state index >= 15 is 0 Å². The number of hydrogen-bond donors (Lipinski definition) is 8. The van der Waals surface area contributed by atoms with Crippen molar-refractivity contribution >= 4 is 41.0 Å². The van der Waals surface area contributed by atoms with Gasteiger partial charge in [-0.1, -0.05) is 13.0 Å². The van der Waals surface area contributed by atoms with Gasteiger partial charge in [0.1, 0.15) is 22.8 Å². The van der Waals surface area contributed by atoms with Crippen LogP contribution in [-0.2, 0) is 19.1 Å². The fourth-order valence-corrected chi connectivity index (χ4v) is 4.83. The molecular weight excluding hydrogens is 590 g/mol. The predicted octanol–water partition coefficient (Wildman–Crippen LogP) is 1.95. The van der Waals surface area contributed by atoms with Crippen LogP contribution in [0.5, 0.6) is 5.75 Å². The summed E-state index contributed by atoms with van der Waals surface area (Å²) in [7, 11) is 3.02. The van der Waals surface area contributed by atoms with Gasteiger partial charge < -0.3 is 46.8 Å². The highest BCUT2D eigenvalue weighted by Crippen LogP contribution is 2.40. The Labute approximate surface area is 261 Å². The van der Waals surface area contributed by atoms with Gasteiger partial charge in [-0.25, -0.2) is 9.59 Å². The van der Waals surface area contributed by atoms with Gasteiger partial charge in [-0.05, 0) is 72.2 Å². The number of phenols is 1. The van der Waals surface area contributed by atoms with Gasteiger partial charge in [0.15, 0.2) is 0 Å². The van der Waals surface area contributed by atoms with Crippen LogP contribution < -0.4 is 21.7 Å². The van der Waals surface area contributed by atoms with Crippen LogP contribution in [0.15, 0.2) is 29.5 Å². The molecule has 0 radical (unpaired) electrons. The maximum Gasteiger partial charge on any atom is 0.408 e. The molecule has 0 fully saturated rings. The van der Waals surface area contributed by atoms with Crippen LogP contribution in [0, 0.1) is 0 Å². The zero-order valence-corrected chi connectivity index (χ0v) is 26.4. The van der Waals surface area contributed by atoms with Crippen molar-refractivity contribution in [1.29, 1.82) is 0 Å². The van der Waals surface area contributed by atoms with E-state index < -0.39 is 82.1 Å². The van der Waals surface area contributed by atoms with Gasteiger partial charge in [0.05, 0.1) is 23.4 Å². The van der Waals surface area contributed by atoms with E-state index in [2.05, 4.69) is 16.0 Å². The molecule has 1 aromatic rings. The minimum absolute atomic E-state index is 0.00858. The molecule has 0 saturated heterocycles. The van der Waals surface area contributed by atoms with Gasteiger partial charge in [0.2, 0.25) is 17.7 Å². The smallest absolute Gasteiger partial charge is 0.408 e. The number of aromatic hydroxyl groups is 1. The Morgan fingerprint density at radius 1 is 1.09 bits per heavy atom. The number of hydrogen-bond acceptors (Lipinski definition) is 11. The van der Waals surface area contributed by atoms with Crippen LogP contribution in [-0.4, -0.2) is 99.4 Å². The third-order valence-corrected chi connectivity index (χ3v) is 6.86. The summed E-state index contributed by atoms with van der Waals surface area (Å²) in [4.78, 5) is 65.8. The molecule has 1 aliphatic carbocycles. The first-order chi connectivity index (χ1) is 20.8. The van der Waals surface area contributed by atoms with Gasteiger partial charge in [-0.3, -0.25) is 19.3 Å². The lowest BCUT2D eigenvalue weighted by atomic mass is 9.86. The fraction of sp³-hybridized carbons (Fsp3) is 0.500. The van der Waals surface area contributed by atoms with Gasteiger partial charge in [0, 0.05) is 18.2 Å².